The Morgan fingerprint density at radius 3 is 3.05 bits per heavy atom. The van der Waals surface area contributed by atoms with E-state index in [1.165, 1.54) is 0 Å². The predicted octanol–water partition coefficient (Wildman–Crippen LogP) is 1.24. The van der Waals surface area contributed by atoms with Crippen molar-refractivity contribution in [2.75, 3.05) is 25.1 Å². The lowest BCUT2D eigenvalue weighted by atomic mass is 10.1. The molecular formula is C12H19ClN6O. The summed E-state index contributed by atoms with van der Waals surface area (Å²) in [6, 6.07) is 3.14. The molecule has 0 aliphatic carbocycles. The van der Waals surface area contributed by atoms with E-state index in [-0.39, 0.29) is 12.1 Å². The highest BCUT2D eigenvalue weighted by molar-refractivity contribution is 6.29. The van der Waals surface area contributed by atoms with Crippen molar-refractivity contribution in [1.29, 1.82) is 0 Å². The lowest BCUT2D eigenvalue weighted by Crippen LogP contribution is -2.51. The number of nitrogens with one attached hydrogen (secondary N) is 3. The van der Waals surface area contributed by atoms with Crippen molar-refractivity contribution >= 4 is 23.4 Å². The van der Waals surface area contributed by atoms with Gasteiger partial charge in [-0.05, 0) is 38.1 Å². The smallest absolute Gasteiger partial charge is 0.333 e. The van der Waals surface area contributed by atoms with Crippen LogP contribution in [0.2, 0.25) is 5.15 Å². The Balaban J connectivity index is 1.73. The maximum atomic E-state index is 11.8. The molecule has 0 aromatic carbocycles. The van der Waals surface area contributed by atoms with E-state index >= 15 is 0 Å². The molecule has 0 bridgehead atoms. The third kappa shape index (κ3) is 4.50. The normalized spacial score (nSPS) is 19.4. The van der Waals surface area contributed by atoms with Gasteiger partial charge in [0, 0.05) is 12.6 Å². The van der Waals surface area contributed by atoms with Gasteiger partial charge < -0.3 is 10.2 Å². The largest absolute Gasteiger partial charge is 0.333 e. The molecule has 0 radical (unpaired) electrons. The van der Waals surface area contributed by atoms with Crippen molar-refractivity contribution in [1.82, 2.24) is 25.8 Å². The Morgan fingerprint density at radius 2 is 2.35 bits per heavy atom. The molecule has 1 aromatic rings. The summed E-state index contributed by atoms with van der Waals surface area (Å²) in [5.41, 5.74) is 5.21. The maximum absolute atomic E-state index is 11.8. The lowest BCUT2D eigenvalue weighted by molar-refractivity contribution is 0.193. The number of carbonyl (C=O) groups excluding carboxylic acids is 1. The van der Waals surface area contributed by atoms with Crippen LogP contribution in [0.5, 0.6) is 0 Å². The van der Waals surface area contributed by atoms with Crippen molar-refractivity contribution in [2.24, 2.45) is 0 Å². The number of hydrogen-bond donors (Lipinski definition) is 3. The summed E-state index contributed by atoms with van der Waals surface area (Å²) in [5.74, 6) is 0.434. The van der Waals surface area contributed by atoms with Crippen molar-refractivity contribution in [2.45, 2.75) is 25.8 Å². The zero-order valence-corrected chi connectivity index (χ0v) is 12.2. The summed E-state index contributed by atoms with van der Waals surface area (Å²) >= 11 is 5.62. The molecule has 3 N–H and O–H groups in total. The third-order valence-corrected chi connectivity index (χ3v) is 3.43. The van der Waals surface area contributed by atoms with E-state index in [4.69, 9.17) is 11.6 Å². The first-order chi connectivity index (χ1) is 9.67. The molecule has 2 amide bonds. The summed E-state index contributed by atoms with van der Waals surface area (Å²) in [4.78, 5) is 14.1. The molecule has 1 aromatic heterocycles. The van der Waals surface area contributed by atoms with E-state index in [0.717, 1.165) is 32.5 Å². The first-order valence-corrected chi connectivity index (χ1v) is 7.09. The second-order valence-electron chi connectivity index (χ2n) is 4.70. The second kappa shape index (κ2) is 7.25. The van der Waals surface area contributed by atoms with Gasteiger partial charge in [0.25, 0.3) is 0 Å². The van der Waals surface area contributed by atoms with Crippen molar-refractivity contribution in [3.63, 3.8) is 0 Å². The average molecular weight is 299 g/mol. The van der Waals surface area contributed by atoms with E-state index in [1.807, 2.05) is 0 Å². The van der Waals surface area contributed by atoms with Gasteiger partial charge in [-0.1, -0.05) is 18.5 Å². The number of likely N-dealkylation sites (tertiary alicyclic amines) is 1. The van der Waals surface area contributed by atoms with Crippen LogP contribution in [0.25, 0.3) is 0 Å². The molecular weight excluding hydrogens is 280 g/mol. The number of amides is 2. The molecule has 2 heterocycles. The zero-order valence-electron chi connectivity index (χ0n) is 11.4. The van der Waals surface area contributed by atoms with Crippen LogP contribution in [-0.2, 0) is 0 Å². The number of anilines is 1. The van der Waals surface area contributed by atoms with Crippen molar-refractivity contribution < 1.29 is 4.79 Å². The Labute approximate surface area is 123 Å². The van der Waals surface area contributed by atoms with Crippen molar-refractivity contribution in [3.8, 4) is 0 Å². The number of carbonyl (C=O) groups is 1. The van der Waals surface area contributed by atoms with Gasteiger partial charge in [0.1, 0.15) is 0 Å². The highest BCUT2D eigenvalue weighted by atomic mass is 35.5. The summed E-state index contributed by atoms with van der Waals surface area (Å²) in [7, 11) is 0. The fraction of sp³-hybridized carbons (Fsp3) is 0.583. The highest BCUT2D eigenvalue weighted by Crippen LogP contribution is 2.09. The molecule has 7 nitrogen and oxygen atoms in total. The van der Waals surface area contributed by atoms with Crippen LogP contribution in [0.4, 0.5) is 10.6 Å². The molecule has 2 rings (SSSR count). The Bertz CT molecular complexity index is 440. The van der Waals surface area contributed by atoms with Crippen LogP contribution in [0.15, 0.2) is 12.1 Å². The number of hydrazine groups is 1. The molecule has 110 valence electrons. The molecule has 20 heavy (non-hydrogen) atoms. The zero-order chi connectivity index (χ0) is 14.4. The Morgan fingerprint density at radius 1 is 1.50 bits per heavy atom. The van der Waals surface area contributed by atoms with E-state index in [2.05, 4.69) is 38.2 Å². The minimum absolute atomic E-state index is 0.182. The molecule has 8 heteroatoms. The first kappa shape index (κ1) is 14.8. The number of piperidine rings is 1. The number of aromatic nitrogens is 2. The molecule has 0 saturated carbocycles. The Kier molecular flexibility index (Phi) is 5.37. The SMILES string of the molecule is CCN1CCC[C@H](NC(=O)NNc2ccc(Cl)nn2)C1. The van der Waals surface area contributed by atoms with Crippen LogP contribution in [0.1, 0.15) is 19.8 Å². The number of urea groups is 1. The topological polar surface area (TPSA) is 82.2 Å². The van der Waals surface area contributed by atoms with Crippen LogP contribution < -0.4 is 16.2 Å². The van der Waals surface area contributed by atoms with E-state index in [0.29, 0.717) is 11.0 Å². The second-order valence-corrected chi connectivity index (χ2v) is 5.08. The van der Waals surface area contributed by atoms with E-state index < -0.39 is 0 Å². The highest BCUT2D eigenvalue weighted by Gasteiger charge is 2.20. The number of likely N-dealkylation sites (N-methyl/N-ethyl adjacent to an activating group) is 1. The molecule has 1 fully saturated rings. The fourth-order valence-corrected chi connectivity index (χ4v) is 2.29. The minimum atomic E-state index is -0.273. The van der Waals surface area contributed by atoms with E-state index in [9.17, 15) is 4.79 Å². The number of nitrogens with zero attached hydrogens (tertiary/aromatic N) is 3. The quantitative estimate of drug-likeness (QED) is 0.729. The molecule has 1 aliphatic rings. The van der Waals surface area contributed by atoms with Gasteiger partial charge in [-0.2, -0.15) is 0 Å². The van der Waals surface area contributed by atoms with Gasteiger partial charge in [0.2, 0.25) is 0 Å². The number of rotatable bonds is 4. The van der Waals surface area contributed by atoms with Gasteiger partial charge >= 0.3 is 6.03 Å². The minimum Gasteiger partial charge on any atom is -0.333 e. The van der Waals surface area contributed by atoms with Gasteiger partial charge in [0.15, 0.2) is 11.0 Å². The number of hydrogen-bond acceptors (Lipinski definition) is 5. The maximum Gasteiger partial charge on any atom is 0.333 e. The van der Waals surface area contributed by atoms with Crippen LogP contribution in [-0.4, -0.2) is 46.8 Å². The summed E-state index contributed by atoms with van der Waals surface area (Å²) in [6.45, 7) is 5.14. The lowest BCUT2D eigenvalue weighted by Gasteiger charge is -2.32. The van der Waals surface area contributed by atoms with Gasteiger partial charge in [-0.25, -0.2) is 4.79 Å². The van der Waals surface area contributed by atoms with Gasteiger partial charge in [-0.3, -0.25) is 10.9 Å². The fourth-order valence-electron chi connectivity index (χ4n) is 2.19. The standard InChI is InChI=1S/C12H19ClN6O/c1-2-19-7-3-4-9(8-19)14-12(20)18-17-11-6-5-10(13)15-16-11/h5-6,9H,2-4,7-8H2,1H3,(H,16,17)(H2,14,18,20)/t9-/m0/s1. The number of halogens is 1. The summed E-state index contributed by atoms with van der Waals surface area (Å²) < 4.78 is 0. The summed E-state index contributed by atoms with van der Waals surface area (Å²) in [5, 5.41) is 10.7. The Hall–Kier alpha value is -1.60. The first-order valence-electron chi connectivity index (χ1n) is 6.71. The predicted molar refractivity (Wildman–Crippen MR) is 77.5 cm³/mol. The molecule has 0 spiro atoms. The average Bonchev–Trinajstić information content (AvgIpc) is 2.47. The molecule has 1 saturated heterocycles. The molecule has 1 atom stereocenters. The van der Waals surface area contributed by atoms with Crippen molar-refractivity contribution in [3.05, 3.63) is 17.3 Å². The van der Waals surface area contributed by atoms with Gasteiger partial charge in [-0.15, -0.1) is 10.2 Å². The van der Waals surface area contributed by atoms with Gasteiger partial charge in [0.05, 0.1) is 0 Å². The molecule has 1 aliphatic heterocycles. The summed E-state index contributed by atoms with van der Waals surface area (Å²) in [6.07, 6.45) is 2.11. The third-order valence-electron chi connectivity index (χ3n) is 3.22. The molecule has 0 unspecified atom stereocenters. The monoisotopic (exact) mass is 298 g/mol. The van der Waals surface area contributed by atoms with Crippen LogP contribution in [0, 0.1) is 0 Å². The van der Waals surface area contributed by atoms with E-state index in [1.54, 1.807) is 12.1 Å². The van der Waals surface area contributed by atoms with Crippen LogP contribution in [0.3, 0.4) is 0 Å². The van der Waals surface area contributed by atoms with Crippen LogP contribution >= 0.6 is 11.6 Å².